The van der Waals surface area contributed by atoms with Crippen molar-refractivity contribution in [1.29, 1.82) is 0 Å². The molecule has 3 nitrogen and oxygen atoms in total. The van der Waals surface area contributed by atoms with Gasteiger partial charge in [0.25, 0.3) is 0 Å². The molecule has 17 heavy (non-hydrogen) atoms. The van der Waals surface area contributed by atoms with Gasteiger partial charge in [-0.05, 0) is 31.4 Å². The van der Waals surface area contributed by atoms with Crippen molar-refractivity contribution in [1.82, 2.24) is 15.3 Å². The SMILES string of the molecule is Cc1ncc(CNC2CCc3cccnc32)s1. The second-order valence-electron chi connectivity index (χ2n) is 4.37. The molecule has 1 aliphatic rings. The summed E-state index contributed by atoms with van der Waals surface area (Å²) < 4.78 is 0. The van der Waals surface area contributed by atoms with Crippen molar-refractivity contribution in [3.8, 4) is 0 Å². The molecule has 3 rings (SSSR count). The Labute approximate surface area is 105 Å². The molecule has 0 amide bonds. The van der Waals surface area contributed by atoms with Crippen molar-refractivity contribution in [2.45, 2.75) is 32.4 Å². The quantitative estimate of drug-likeness (QED) is 0.903. The summed E-state index contributed by atoms with van der Waals surface area (Å²) in [7, 11) is 0. The van der Waals surface area contributed by atoms with Gasteiger partial charge in [0.05, 0.1) is 16.7 Å². The normalized spacial score (nSPS) is 18.3. The summed E-state index contributed by atoms with van der Waals surface area (Å²) in [5.74, 6) is 0. The van der Waals surface area contributed by atoms with E-state index >= 15 is 0 Å². The summed E-state index contributed by atoms with van der Waals surface area (Å²) in [6.45, 7) is 2.94. The number of fused-ring (bicyclic) bond motifs is 1. The first-order chi connectivity index (χ1) is 8.33. The topological polar surface area (TPSA) is 37.8 Å². The summed E-state index contributed by atoms with van der Waals surface area (Å²) in [5, 5.41) is 4.71. The van der Waals surface area contributed by atoms with Crippen LogP contribution in [-0.4, -0.2) is 9.97 Å². The number of aryl methyl sites for hydroxylation is 2. The second-order valence-corrected chi connectivity index (χ2v) is 5.68. The zero-order valence-electron chi connectivity index (χ0n) is 9.81. The fourth-order valence-electron chi connectivity index (χ4n) is 2.32. The molecule has 2 aromatic heterocycles. The average Bonchev–Trinajstić information content (AvgIpc) is 2.93. The van der Waals surface area contributed by atoms with Crippen LogP contribution in [0, 0.1) is 6.92 Å². The predicted molar refractivity (Wildman–Crippen MR) is 69.0 cm³/mol. The van der Waals surface area contributed by atoms with E-state index in [1.165, 1.54) is 16.1 Å². The molecule has 0 spiro atoms. The van der Waals surface area contributed by atoms with E-state index in [9.17, 15) is 0 Å². The average molecular weight is 245 g/mol. The monoisotopic (exact) mass is 245 g/mol. The number of hydrogen-bond acceptors (Lipinski definition) is 4. The van der Waals surface area contributed by atoms with Gasteiger partial charge in [-0.15, -0.1) is 11.3 Å². The van der Waals surface area contributed by atoms with Crippen molar-refractivity contribution in [3.05, 3.63) is 45.7 Å². The van der Waals surface area contributed by atoms with Crippen molar-refractivity contribution >= 4 is 11.3 Å². The fourth-order valence-corrected chi connectivity index (χ4v) is 3.07. The van der Waals surface area contributed by atoms with E-state index in [-0.39, 0.29) is 0 Å². The minimum Gasteiger partial charge on any atom is -0.304 e. The number of pyridine rings is 1. The Morgan fingerprint density at radius 2 is 2.41 bits per heavy atom. The van der Waals surface area contributed by atoms with Gasteiger partial charge in [0, 0.05) is 23.8 Å². The summed E-state index contributed by atoms with van der Waals surface area (Å²) in [5.41, 5.74) is 2.62. The maximum absolute atomic E-state index is 4.48. The van der Waals surface area contributed by atoms with Gasteiger partial charge in [0.1, 0.15) is 0 Å². The molecule has 2 heterocycles. The Hall–Kier alpha value is -1.26. The Morgan fingerprint density at radius 1 is 1.47 bits per heavy atom. The molecule has 1 aliphatic carbocycles. The Kier molecular flexibility index (Phi) is 2.91. The van der Waals surface area contributed by atoms with E-state index < -0.39 is 0 Å². The van der Waals surface area contributed by atoms with Crippen LogP contribution in [0.2, 0.25) is 0 Å². The number of nitrogens with zero attached hydrogens (tertiary/aromatic N) is 2. The lowest BCUT2D eigenvalue weighted by Crippen LogP contribution is -2.18. The highest BCUT2D eigenvalue weighted by Crippen LogP contribution is 2.29. The number of thiazole rings is 1. The third-order valence-electron chi connectivity index (χ3n) is 3.15. The van der Waals surface area contributed by atoms with Gasteiger partial charge in [0.2, 0.25) is 0 Å². The lowest BCUT2D eigenvalue weighted by atomic mass is 10.2. The second kappa shape index (κ2) is 4.55. The Morgan fingerprint density at radius 3 is 3.24 bits per heavy atom. The minimum atomic E-state index is 0.411. The highest BCUT2D eigenvalue weighted by molar-refractivity contribution is 7.11. The Balaban J connectivity index is 1.68. The van der Waals surface area contributed by atoms with Gasteiger partial charge in [-0.1, -0.05) is 6.07 Å². The van der Waals surface area contributed by atoms with Crippen LogP contribution in [0.4, 0.5) is 0 Å². The molecule has 0 saturated carbocycles. The number of nitrogens with one attached hydrogen (secondary N) is 1. The fraction of sp³-hybridized carbons (Fsp3) is 0.385. The molecule has 4 heteroatoms. The van der Waals surface area contributed by atoms with Crippen LogP contribution in [0.3, 0.4) is 0 Å². The van der Waals surface area contributed by atoms with Crippen LogP contribution in [0.25, 0.3) is 0 Å². The van der Waals surface area contributed by atoms with Crippen molar-refractivity contribution in [3.63, 3.8) is 0 Å². The maximum Gasteiger partial charge on any atom is 0.0897 e. The zero-order chi connectivity index (χ0) is 11.7. The summed E-state index contributed by atoms with van der Waals surface area (Å²) >= 11 is 1.76. The van der Waals surface area contributed by atoms with Gasteiger partial charge in [-0.3, -0.25) is 4.98 Å². The van der Waals surface area contributed by atoms with Gasteiger partial charge in [-0.25, -0.2) is 4.98 Å². The van der Waals surface area contributed by atoms with Crippen molar-refractivity contribution in [2.24, 2.45) is 0 Å². The first-order valence-electron chi connectivity index (χ1n) is 5.91. The van der Waals surface area contributed by atoms with Gasteiger partial charge in [-0.2, -0.15) is 0 Å². The van der Waals surface area contributed by atoms with E-state index in [1.807, 2.05) is 25.4 Å². The largest absolute Gasteiger partial charge is 0.304 e. The van der Waals surface area contributed by atoms with Crippen LogP contribution in [-0.2, 0) is 13.0 Å². The molecule has 88 valence electrons. The van der Waals surface area contributed by atoms with Gasteiger partial charge in [0.15, 0.2) is 0 Å². The molecular weight excluding hydrogens is 230 g/mol. The van der Waals surface area contributed by atoms with Gasteiger partial charge < -0.3 is 5.32 Å². The third kappa shape index (κ3) is 2.23. The molecule has 1 N–H and O–H groups in total. The molecule has 0 fully saturated rings. The van der Waals surface area contributed by atoms with Crippen LogP contribution in [0.1, 0.15) is 33.6 Å². The number of aromatic nitrogens is 2. The highest BCUT2D eigenvalue weighted by Gasteiger charge is 2.22. The van der Waals surface area contributed by atoms with Crippen molar-refractivity contribution < 1.29 is 0 Å². The number of hydrogen-bond donors (Lipinski definition) is 1. The van der Waals surface area contributed by atoms with Gasteiger partial charge >= 0.3 is 0 Å². The van der Waals surface area contributed by atoms with Crippen molar-refractivity contribution in [2.75, 3.05) is 0 Å². The lowest BCUT2D eigenvalue weighted by molar-refractivity contribution is 0.524. The van der Waals surface area contributed by atoms with Crippen LogP contribution >= 0.6 is 11.3 Å². The van der Waals surface area contributed by atoms with E-state index in [2.05, 4.69) is 21.4 Å². The highest BCUT2D eigenvalue weighted by atomic mass is 32.1. The molecule has 0 saturated heterocycles. The third-order valence-corrected chi connectivity index (χ3v) is 4.06. The molecule has 0 radical (unpaired) electrons. The molecule has 0 aromatic carbocycles. The van der Waals surface area contributed by atoms with E-state index in [0.29, 0.717) is 6.04 Å². The molecule has 2 aromatic rings. The molecule has 1 unspecified atom stereocenters. The standard InChI is InChI=1S/C13H15N3S/c1-9-15-7-11(17-9)8-16-12-5-4-10-3-2-6-14-13(10)12/h2-3,6-7,12,16H,4-5,8H2,1H3. The molecule has 0 aliphatic heterocycles. The Bertz CT molecular complexity index is 521. The summed E-state index contributed by atoms with van der Waals surface area (Å²) in [6.07, 6.45) is 6.14. The summed E-state index contributed by atoms with van der Waals surface area (Å²) in [6, 6.07) is 4.61. The first-order valence-corrected chi connectivity index (χ1v) is 6.73. The smallest absolute Gasteiger partial charge is 0.0897 e. The molecular formula is C13H15N3S. The minimum absolute atomic E-state index is 0.411. The zero-order valence-corrected chi connectivity index (χ0v) is 10.6. The predicted octanol–water partition coefficient (Wildman–Crippen LogP) is 2.62. The molecule has 0 bridgehead atoms. The van der Waals surface area contributed by atoms with E-state index in [0.717, 1.165) is 24.4 Å². The van der Waals surface area contributed by atoms with Crippen LogP contribution in [0.5, 0.6) is 0 Å². The van der Waals surface area contributed by atoms with Crippen LogP contribution in [0.15, 0.2) is 24.5 Å². The van der Waals surface area contributed by atoms with E-state index in [1.54, 1.807) is 11.3 Å². The van der Waals surface area contributed by atoms with E-state index in [4.69, 9.17) is 0 Å². The summed E-state index contributed by atoms with van der Waals surface area (Å²) in [4.78, 5) is 10.1. The molecule has 1 atom stereocenters. The lowest BCUT2D eigenvalue weighted by Gasteiger charge is -2.11. The first kappa shape index (κ1) is 10.9. The maximum atomic E-state index is 4.48. The number of rotatable bonds is 3. The van der Waals surface area contributed by atoms with Crippen LogP contribution < -0.4 is 5.32 Å².